The average Bonchev–Trinajstić information content (AvgIpc) is 2.66. The third-order valence-corrected chi connectivity index (χ3v) is 3.85. The van der Waals surface area contributed by atoms with Gasteiger partial charge in [-0.15, -0.1) is 0 Å². The van der Waals surface area contributed by atoms with E-state index in [2.05, 4.69) is 9.97 Å². The van der Waals surface area contributed by atoms with Gasteiger partial charge in [0.05, 0.1) is 16.8 Å². The number of hydrogen-bond acceptors (Lipinski definition) is 3. The number of halogens is 6. The van der Waals surface area contributed by atoms with E-state index >= 15 is 0 Å². The zero-order valence-corrected chi connectivity index (χ0v) is 13.8. The van der Waals surface area contributed by atoms with Crippen molar-refractivity contribution in [2.45, 2.75) is 12.4 Å². The van der Waals surface area contributed by atoms with Crippen molar-refractivity contribution in [3.63, 3.8) is 0 Å². The molecule has 1 aromatic heterocycles. The van der Waals surface area contributed by atoms with E-state index < -0.39 is 23.5 Å². The number of alkyl halides is 6. The van der Waals surface area contributed by atoms with E-state index in [4.69, 9.17) is 0 Å². The van der Waals surface area contributed by atoms with Gasteiger partial charge in [0, 0.05) is 11.1 Å². The van der Waals surface area contributed by atoms with E-state index in [9.17, 15) is 31.1 Å². The second-order valence-electron chi connectivity index (χ2n) is 5.77. The van der Waals surface area contributed by atoms with Gasteiger partial charge in [0.1, 0.15) is 5.69 Å². The van der Waals surface area contributed by atoms with Crippen LogP contribution in [0.3, 0.4) is 0 Å². The van der Waals surface area contributed by atoms with E-state index in [1.807, 2.05) is 0 Å². The summed E-state index contributed by atoms with van der Waals surface area (Å²) in [6.07, 6.45) is -8.58. The molecule has 0 radical (unpaired) electrons. The maximum absolute atomic E-state index is 12.7. The van der Waals surface area contributed by atoms with Crippen LogP contribution < -0.4 is 0 Å². The summed E-state index contributed by atoms with van der Waals surface area (Å²) in [6, 6.07) is 9.42. The lowest BCUT2D eigenvalue weighted by Gasteiger charge is -2.10. The molecular formula is C19H10F6N2O. The van der Waals surface area contributed by atoms with Crippen LogP contribution in [0.5, 0.6) is 0 Å². The van der Waals surface area contributed by atoms with Gasteiger partial charge in [0.2, 0.25) is 0 Å². The summed E-state index contributed by atoms with van der Waals surface area (Å²) < 4.78 is 76.1. The smallest absolute Gasteiger partial charge is 0.296 e. The highest BCUT2D eigenvalue weighted by Crippen LogP contribution is 2.32. The SMILES string of the molecule is O=Cc1cc(-c2ccc(C(F)(F)F)cc2)nc(-c2ccc(C(F)(F)F)cc2)n1. The Bertz CT molecular complexity index is 917. The van der Waals surface area contributed by atoms with E-state index in [0.717, 1.165) is 36.4 Å². The quantitative estimate of drug-likeness (QED) is 0.424. The molecule has 2 aromatic carbocycles. The minimum atomic E-state index is -4.50. The highest BCUT2D eigenvalue weighted by atomic mass is 19.4. The van der Waals surface area contributed by atoms with Crippen molar-refractivity contribution in [2.75, 3.05) is 0 Å². The molecule has 0 N–H and O–H groups in total. The number of benzene rings is 2. The highest BCUT2D eigenvalue weighted by Gasteiger charge is 2.31. The lowest BCUT2D eigenvalue weighted by Crippen LogP contribution is -2.05. The van der Waals surface area contributed by atoms with Gasteiger partial charge in [-0.25, -0.2) is 9.97 Å². The van der Waals surface area contributed by atoms with Crippen molar-refractivity contribution in [1.82, 2.24) is 9.97 Å². The molecule has 0 amide bonds. The summed E-state index contributed by atoms with van der Waals surface area (Å²) >= 11 is 0. The van der Waals surface area contributed by atoms with Gasteiger partial charge in [-0.05, 0) is 30.3 Å². The maximum Gasteiger partial charge on any atom is 0.416 e. The Morgan fingerprint density at radius 2 is 1.14 bits per heavy atom. The predicted octanol–water partition coefficient (Wildman–Crippen LogP) is 5.66. The van der Waals surface area contributed by atoms with Crippen LogP contribution in [0.15, 0.2) is 54.6 Å². The first-order valence-corrected chi connectivity index (χ1v) is 7.77. The summed E-state index contributed by atoms with van der Waals surface area (Å²) in [6.45, 7) is 0. The average molecular weight is 396 g/mol. The number of carbonyl (C=O) groups excluding carboxylic acids is 1. The van der Waals surface area contributed by atoms with Crippen molar-refractivity contribution in [3.8, 4) is 22.6 Å². The number of rotatable bonds is 3. The van der Waals surface area contributed by atoms with E-state index in [1.54, 1.807) is 0 Å². The fourth-order valence-corrected chi connectivity index (χ4v) is 2.44. The molecule has 0 saturated carbocycles. The fraction of sp³-hybridized carbons (Fsp3) is 0.105. The third kappa shape index (κ3) is 4.19. The Morgan fingerprint density at radius 3 is 1.57 bits per heavy atom. The van der Waals surface area contributed by atoms with Crippen molar-refractivity contribution in [2.24, 2.45) is 0 Å². The zero-order chi connectivity index (χ0) is 20.5. The maximum atomic E-state index is 12.7. The number of aldehydes is 1. The van der Waals surface area contributed by atoms with Gasteiger partial charge in [-0.1, -0.05) is 24.3 Å². The monoisotopic (exact) mass is 396 g/mol. The summed E-state index contributed by atoms with van der Waals surface area (Å²) in [5.41, 5.74) is -1.06. The van der Waals surface area contributed by atoms with Crippen LogP contribution in [0.25, 0.3) is 22.6 Å². The van der Waals surface area contributed by atoms with E-state index in [1.165, 1.54) is 18.2 Å². The van der Waals surface area contributed by atoms with Crippen LogP contribution in [0.4, 0.5) is 26.3 Å². The van der Waals surface area contributed by atoms with Gasteiger partial charge < -0.3 is 0 Å². The molecular weight excluding hydrogens is 386 g/mol. The van der Waals surface area contributed by atoms with Crippen molar-refractivity contribution < 1.29 is 31.1 Å². The topological polar surface area (TPSA) is 42.9 Å². The van der Waals surface area contributed by atoms with Crippen molar-refractivity contribution in [1.29, 1.82) is 0 Å². The standard InChI is InChI=1S/C19H10F6N2O/c20-18(21,22)13-5-1-11(2-6-13)16-9-15(10-28)26-17(27-16)12-3-7-14(8-4-12)19(23,24)25/h1-10H. The number of aromatic nitrogens is 2. The minimum Gasteiger partial charge on any atom is -0.296 e. The van der Waals surface area contributed by atoms with Gasteiger partial charge in [-0.3, -0.25) is 4.79 Å². The molecule has 0 unspecified atom stereocenters. The summed E-state index contributed by atoms with van der Waals surface area (Å²) in [4.78, 5) is 19.3. The Hall–Kier alpha value is -3.23. The first-order valence-electron chi connectivity index (χ1n) is 7.77. The van der Waals surface area contributed by atoms with Crippen LogP contribution in [-0.4, -0.2) is 16.3 Å². The second-order valence-corrected chi connectivity index (χ2v) is 5.77. The minimum absolute atomic E-state index is 0.0202. The molecule has 3 aromatic rings. The molecule has 0 bridgehead atoms. The normalized spacial score (nSPS) is 12.1. The molecule has 9 heteroatoms. The predicted molar refractivity (Wildman–Crippen MR) is 88.3 cm³/mol. The van der Waals surface area contributed by atoms with Crippen LogP contribution in [0.1, 0.15) is 21.6 Å². The first kappa shape index (κ1) is 19.5. The van der Waals surface area contributed by atoms with Crippen LogP contribution in [-0.2, 0) is 12.4 Å². The third-order valence-electron chi connectivity index (χ3n) is 3.85. The van der Waals surface area contributed by atoms with Crippen molar-refractivity contribution >= 4 is 6.29 Å². The summed E-state index contributed by atoms with van der Waals surface area (Å²) in [5.74, 6) is -0.0202. The summed E-state index contributed by atoms with van der Waals surface area (Å²) in [5, 5.41) is 0. The Kier molecular flexibility index (Phi) is 4.93. The number of hydrogen-bond donors (Lipinski definition) is 0. The second kappa shape index (κ2) is 7.06. The molecule has 0 saturated heterocycles. The van der Waals surface area contributed by atoms with Crippen LogP contribution >= 0.6 is 0 Å². The van der Waals surface area contributed by atoms with Crippen LogP contribution in [0.2, 0.25) is 0 Å². The van der Waals surface area contributed by atoms with E-state index in [-0.39, 0.29) is 22.8 Å². The molecule has 3 nitrogen and oxygen atoms in total. The lowest BCUT2D eigenvalue weighted by molar-refractivity contribution is -0.138. The molecule has 0 spiro atoms. The lowest BCUT2D eigenvalue weighted by atomic mass is 10.1. The van der Waals surface area contributed by atoms with Crippen LogP contribution in [0, 0.1) is 0 Å². The first-order chi connectivity index (χ1) is 13.1. The molecule has 0 fully saturated rings. The number of nitrogens with zero attached hydrogens (tertiary/aromatic N) is 2. The Labute approximate surface area is 154 Å². The molecule has 0 aliphatic heterocycles. The van der Waals surface area contributed by atoms with Gasteiger partial charge >= 0.3 is 12.4 Å². The van der Waals surface area contributed by atoms with Gasteiger partial charge in [0.15, 0.2) is 12.1 Å². The molecule has 28 heavy (non-hydrogen) atoms. The molecule has 144 valence electrons. The fourth-order valence-electron chi connectivity index (χ4n) is 2.44. The molecule has 0 atom stereocenters. The molecule has 0 aliphatic rings. The summed E-state index contributed by atoms with van der Waals surface area (Å²) in [7, 11) is 0. The van der Waals surface area contributed by atoms with Gasteiger partial charge in [-0.2, -0.15) is 26.3 Å². The molecule has 0 aliphatic carbocycles. The van der Waals surface area contributed by atoms with E-state index in [0.29, 0.717) is 11.8 Å². The largest absolute Gasteiger partial charge is 0.416 e. The Balaban J connectivity index is 2.02. The molecule has 3 rings (SSSR count). The molecule has 1 heterocycles. The zero-order valence-electron chi connectivity index (χ0n) is 13.8. The van der Waals surface area contributed by atoms with Gasteiger partial charge in [0.25, 0.3) is 0 Å². The Morgan fingerprint density at radius 1 is 0.679 bits per heavy atom. The highest BCUT2D eigenvalue weighted by molar-refractivity contribution is 5.77. The van der Waals surface area contributed by atoms with Crippen molar-refractivity contribution in [3.05, 3.63) is 71.4 Å². The number of carbonyl (C=O) groups is 1.